The maximum atomic E-state index is 12.6. The van der Waals surface area contributed by atoms with Gasteiger partial charge in [0, 0.05) is 19.8 Å². The summed E-state index contributed by atoms with van der Waals surface area (Å²) in [6.45, 7) is 0.101. The van der Waals surface area contributed by atoms with Crippen LogP contribution < -0.4 is 5.32 Å². The molecule has 8 nitrogen and oxygen atoms in total. The Hall–Kier alpha value is -1.49. The largest absolute Gasteiger partial charge is 0.354 e. The van der Waals surface area contributed by atoms with Crippen LogP contribution >= 0.6 is 0 Å². The quantitative estimate of drug-likeness (QED) is 0.650. The topological polar surface area (TPSA) is 116 Å². The molecule has 0 aromatic heterocycles. The number of hydrogen-bond acceptors (Lipinski definition) is 7. The van der Waals surface area contributed by atoms with Crippen molar-refractivity contribution in [3.8, 4) is 0 Å². The first-order chi connectivity index (χ1) is 11.7. The number of rotatable bonds is 7. The van der Waals surface area contributed by atoms with Crippen molar-refractivity contribution in [3.63, 3.8) is 0 Å². The highest BCUT2D eigenvalue weighted by Crippen LogP contribution is 2.25. The minimum absolute atomic E-state index is 0.0581. The number of sulfone groups is 2. The summed E-state index contributed by atoms with van der Waals surface area (Å²) in [5, 5.41) is 1.61. The van der Waals surface area contributed by atoms with Crippen LogP contribution in [0.1, 0.15) is 16.8 Å². The molecule has 1 atom stereocenters. The van der Waals surface area contributed by atoms with E-state index in [1.807, 2.05) is 0 Å². The summed E-state index contributed by atoms with van der Waals surface area (Å²) in [5.74, 6) is -0.989. The number of amides is 1. The van der Waals surface area contributed by atoms with Crippen molar-refractivity contribution in [1.82, 2.24) is 5.32 Å². The van der Waals surface area contributed by atoms with Crippen LogP contribution in [0.2, 0.25) is 0 Å². The van der Waals surface area contributed by atoms with Crippen molar-refractivity contribution in [2.45, 2.75) is 22.9 Å². The third-order valence-corrected chi connectivity index (χ3v) is 8.18. The van der Waals surface area contributed by atoms with Crippen LogP contribution in [0.4, 0.5) is 0 Å². The first kappa shape index (κ1) is 19.8. The van der Waals surface area contributed by atoms with Gasteiger partial charge in [0.25, 0.3) is 5.91 Å². The number of carbonyl (C=O) groups is 1. The van der Waals surface area contributed by atoms with Gasteiger partial charge in [0.2, 0.25) is 0 Å². The van der Waals surface area contributed by atoms with Gasteiger partial charge < -0.3 is 14.8 Å². The van der Waals surface area contributed by atoms with Gasteiger partial charge in [-0.2, -0.15) is 0 Å². The molecule has 1 heterocycles. The van der Waals surface area contributed by atoms with E-state index < -0.39 is 37.1 Å². The summed E-state index contributed by atoms with van der Waals surface area (Å²) in [6, 6.07) is 5.55. The Morgan fingerprint density at radius 3 is 2.56 bits per heavy atom. The Bertz CT molecular complexity index is 829. The maximum Gasteiger partial charge on any atom is 0.251 e. The molecule has 2 rings (SSSR count). The van der Waals surface area contributed by atoms with Crippen molar-refractivity contribution in [2.24, 2.45) is 0 Å². The summed E-state index contributed by atoms with van der Waals surface area (Å²) in [6.07, 6.45) is -0.538. The van der Waals surface area contributed by atoms with Crippen LogP contribution in [0.5, 0.6) is 0 Å². The Balaban J connectivity index is 2.17. The zero-order valence-corrected chi connectivity index (χ0v) is 15.6. The second-order valence-electron chi connectivity index (χ2n) is 5.71. The molecule has 1 aromatic carbocycles. The molecule has 25 heavy (non-hydrogen) atoms. The van der Waals surface area contributed by atoms with Crippen LogP contribution in [0.15, 0.2) is 29.2 Å². The normalized spacial score (nSPS) is 19.9. The lowest BCUT2D eigenvalue weighted by Crippen LogP contribution is -2.34. The third kappa shape index (κ3) is 4.78. The Labute approximate surface area is 147 Å². The number of benzene rings is 1. The maximum absolute atomic E-state index is 12.6. The second-order valence-corrected chi connectivity index (χ2v) is 10.2. The lowest BCUT2D eigenvalue weighted by atomic mass is 10.2. The summed E-state index contributed by atoms with van der Waals surface area (Å²) in [4.78, 5) is 12.1. The van der Waals surface area contributed by atoms with E-state index in [4.69, 9.17) is 9.47 Å². The van der Waals surface area contributed by atoms with Gasteiger partial charge in [0.15, 0.2) is 26.0 Å². The summed E-state index contributed by atoms with van der Waals surface area (Å²) >= 11 is 0. The van der Waals surface area contributed by atoms with E-state index in [1.165, 1.54) is 38.5 Å². The molecular weight excluding hydrogens is 370 g/mol. The molecule has 140 valence electrons. The van der Waals surface area contributed by atoms with Gasteiger partial charge in [0.1, 0.15) is 0 Å². The average molecular weight is 391 g/mol. The molecule has 0 spiro atoms. The Morgan fingerprint density at radius 2 is 2.00 bits per heavy atom. The lowest BCUT2D eigenvalue weighted by Gasteiger charge is -2.15. The fourth-order valence-electron chi connectivity index (χ4n) is 2.55. The van der Waals surface area contributed by atoms with Gasteiger partial charge in [0.05, 0.1) is 28.2 Å². The molecule has 1 aliphatic rings. The monoisotopic (exact) mass is 391 g/mol. The van der Waals surface area contributed by atoms with Crippen molar-refractivity contribution in [1.29, 1.82) is 0 Å². The van der Waals surface area contributed by atoms with E-state index in [2.05, 4.69) is 5.32 Å². The van der Waals surface area contributed by atoms with Gasteiger partial charge in [-0.1, -0.05) is 6.07 Å². The van der Waals surface area contributed by atoms with E-state index in [0.29, 0.717) is 0 Å². The fraction of sp³-hybridized carbons (Fsp3) is 0.533. The summed E-state index contributed by atoms with van der Waals surface area (Å²) in [5.41, 5.74) is 0.160. The Kier molecular flexibility index (Phi) is 6.20. The van der Waals surface area contributed by atoms with E-state index >= 15 is 0 Å². The zero-order chi connectivity index (χ0) is 18.7. The van der Waals surface area contributed by atoms with Crippen LogP contribution in [-0.2, 0) is 29.1 Å². The van der Waals surface area contributed by atoms with Gasteiger partial charge in [-0.15, -0.1) is 0 Å². The number of nitrogens with one attached hydrogen (secondary N) is 1. The van der Waals surface area contributed by atoms with Crippen LogP contribution in [-0.4, -0.2) is 66.6 Å². The van der Waals surface area contributed by atoms with Gasteiger partial charge >= 0.3 is 0 Å². The predicted molar refractivity (Wildman–Crippen MR) is 90.8 cm³/mol. The molecule has 1 amide bonds. The van der Waals surface area contributed by atoms with Gasteiger partial charge in [-0.3, -0.25) is 4.79 Å². The second kappa shape index (κ2) is 7.81. The smallest absolute Gasteiger partial charge is 0.251 e. The van der Waals surface area contributed by atoms with Crippen molar-refractivity contribution in [2.75, 3.05) is 32.3 Å². The van der Waals surface area contributed by atoms with Crippen LogP contribution in [0, 0.1) is 0 Å². The molecular formula is C15H21NO7S2. The highest BCUT2D eigenvalue weighted by Gasteiger charge is 2.38. The van der Waals surface area contributed by atoms with Crippen LogP contribution in [0.25, 0.3) is 0 Å². The molecule has 10 heteroatoms. The molecule has 1 aromatic rings. The minimum atomic E-state index is -3.81. The lowest BCUT2D eigenvalue weighted by molar-refractivity contribution is -0.0974. The summed E-state index contributed by atoms with van der Waals surface area (Å²) < 4.78 is 58.3. The van der Waals surface area contributed by atoms with E-state index in [0.717, 1.165) is 0 Å². The molecule has 0 saturated carbocycles. The minimum Gasteiger partial charge on any atom is -0.354 e. The SMILES string of the molecule is COC(CNC(=O)c1cccc(S(=O)(=O)[C@H]2CCS(=O)(=O)C2)c1)OC. The first-order valence-corrected chi connectivity index (χ1v) is 10.9. The average Bonchev–Trinajstić information content (AvgIpc) is 2.96. The molecule has 0 aliphatic carbocycles. The van der Waals surface area contributed by atoms with E-state index in [-0.39, 0.29) is 34.9 Å². The van der Waals surface area contributed by atoms with Crippen molar-refractivity contribution < 1.29 is 31.1 Å². The number of hydrogen-bond donors (Lipinski definition) is 1. The standard InChI is InChI=1S/C15H21NO7S2/c1-22-14(23-2)9-16-15(17)11-4-3-5-12(8-11)25(20,21)13-6-7-24(18,19)10-13/h3-5,8,13-14H,6-7,9-10H2,1-2H3,(H,16,17)/t13-/m0/s1. The first-order valence-electron chi connectivity index (χ1n) is 7.58. The third-order valence-electron chi connectivity index (χ3n) is 4.01. The Morgan fingerprint density at radius 1 is 1.32 bits per heavy atom. The number of ether oxygens (including phenoxy) is 2. The van der Waals surface area contributed by atoms with Crippen molar-refractivity contribution in [3.05, 3.63) is 29.8 Å². The molecule has 1 saturated heterocycles. The van der Waals surface area contributed by atoms with Gasteiger partial charge in [-0.05, 0) is 24.6 Å². The van der Waals surface area contributed by atoms with Crippen LogP contribution in [0.3, 0.4) is 0 Å². The van der Waals surface area contributed by atoms with Crippen molar-refractivity contribution >= 4 is 25.6 Å². The van der Waals surface area contributed by atoms with Gasteiger partial charge in [-0.25, -0.2) is 16.8 Å². The predicted octanol–water partition coefficient (Wildman–Crippen LogP) is -0.00390. The summed E-state index contributed by atoms with van der Waals surface area (Å²) in [7, 11) is -4.27. The zero-order valence-electron chi connectivity index (χ0n) is 14.0. The molecule has 0 bridgehead atoms. The molecule has 0 unspecified atom stereocenters. The fourth-order valence-corrected chi connectivity index (χ4v) is 6.96. The molecule has 1 aliphatic heterocycles. The highest BCUT2D eigenvalue weighted by atomic mass is 32.2. The van der Waals surface area contributed by atoms with E-state index in [9.17, 15) is 21.6 Å². The molecule has 1 fully saturated rings. The van der Waals surface area contributed by atoms with E-state index in [1.54, 1.807) is 0 Å². The molecule has 0 radical (unpaired) electrons. The number of carbonyl (C=O) groups excluding carboxylic acids is 1. The molecule has 1 N–H and O–H groups in total. The number of methoxy groups -OCH3 is 2. The highest BCUT2D eigenvalue weighted by molar-refractivity contribution is 7.96.